The fourth-order valence-electron chi connectivity index (χ4n) is 3.97. The predicted molar refractivity (Wildman–Crippen MR) is 133 cm³/mol. The summed E-state index contributed by atoms with van der Waals surface area (Å²) in [6.07, 6.45) is -5.32. The lowest BCUT2D eigenvalue weighted by atomic mass is 10.1. The van der Waals surface area contributed by atoms with Gasteiger partial charge in [-0.15, -0.1) is 0 Å². The van der Waals surface area contributed by atoms with Crippen LogP contribution >= 0.6 is 0 Å². The van der Waals surface area contributed by atoms with Crippen LogP contribution in [-0.4, -0.2) is 89.9 Å². The zero-order valence-corrected chi connectivity index (χ0v) is 22.9. The summed E-state index contributed by atoms with van der Waals surface area (Å²) in [7, 11) is -1.30. The zero-order valence-electron chi connectivity index (χ0n) is 22.1. The van der Waals surface area contributed by atoms with Gasteiger partial charge in [-0.05, 0) is 19.4 Å². The number of halogens is 6. The molecule has 1 N–H and O–H groups in total. The topological polar surface area (TPSA) is 128 Å². The van der Waals surface area contributed by atoms with Crippen LogP contribution in [0.1, 0.15) is 25.1 Å². The minimum atomic E-state index is -5.19. The molecule has 3 rings (SSSR count). The highest BCUT2D eigenvalue weighted by atomic mass is 32.2. The summed E-state index contributed by atoms with van der Waals surface area (Å²) in [5.74, 6) is -0.899. The van der Waals surface area contributed by atoms with Gasteiger partial charge in [-0.25, -0.2) is 23.2 Å². The molecule has 2 atom stereocenters. The smallest absolute Gasteiger partial charge is 0.414 e. The van der Waals surface area contributed by atoms with Gasteiger partial charge in [0.05, 0.1) is 37.6 Å². The number of methoxy groups -OCH3 is 2. The van der Waals surface area contributed by atoms with Crippen LogP contribution in [0.2, 0.25) is 0 Å². The maximum atomic E-state index is 14.4. The van der Waals surface area contributed by atoms with E-state index in [0.717, 1.165) is 19.2 Å². The summed E-state index contributed by atoms with van der Waals surface area (Å²) in [5.41, 5.74) is -0.323. The van der Waals surface area contributed by atoms with Crippen molar-refractivity contribution in [1.82, 2.24) is 29.6 Å². The summed E-state index contributed by atoms with van der Waals surface area (Å²) in [6, 6.07) is -6.27. The van der Waals surface area contributed by atoms with Gasteiger partial charge in [0, 0.05) is 37.0 Å². The van der Waals surface area contributed by atoms with Gasteiger partial charge < -0.3 is 24.1 Å². The summed E-state index contributed by atoms with van der Waals surface area (Å²) < 4.78 is 119. The van der Waals surface area contributed by atoms with Crippen molar-refractivity contribution >= 4 is 21.5 Å². The van der Waals surface area contributed by atoms with E-state index in [9.17, 15) is 39.6 Å². The maximum Gasteiger partial charge on any atom is 0.414 e. The minimum absolute atomic E-state index is 0.00843. The number of urea groups is 1. The first-order chi connectivity index (χ1) is 19.0. The molecular formula is C23H26F6N6O5S. The Morgan fingerprint density at radius 2 is 1.80 bits per heavy atom. The Balaban J connectivity index is 2.07. The quantitative estimate of drug-likeness (QED) is 0.343. The number of rotatable bonds is 10. The molecule has 0 aliphatic rings. The van der Waals surface area contributed by atoms with E-state index in [0.29, 0.717) is 11.9 Å². The number of sulfone groups is 1. The molecule has 0 fully saturated rings. The molecule has 3 aromatic heterocycles. The highest BCUT2D eigenvalue weighted by Crippen LogP contribution is 2.40. The van der Waals surface area contributed by atoms with Gasteiger partial charge in [0.15, 0.2) is 11.7 Å². The first-order valence-corrected chi connectivity index (χ1v) is 13.9. The lowest BCUT2D eigenvalue weighted by molar-refractivity contribution is -0.180. The highest BCUT2D eigenvalue weighted by Gasteiger charge is 2.49. The van der Waals surface area contributed by atoms with Crippen LogP contribution in [0.25, 0.3) is 16.9 Å². The van der Waals surface area contributed by atoms with E-state index in [4.69, 9.17) is 9.47 Å². The SMILES string of the molecule is CCN(C(=O)NC(CCS(C)(=O)=O)C(F)(F)F)C(c1cc(-c2cn3ccnc3c(OC)n2)c(OC)cn1)C(F)(F)F. The second-order valence-electron chi connectivity index (χ2n) is 8.80. The van der Waals surface area contributed by atoms with Crippen LogP contribution in [0.15, 0.2) is 30.9 Å². The molecule has 0 aliphatic carbocycles. The number of ether oxygens (including phenoxy) is 2. The first-order valence-electron chi connectivity index (χ1n) is 11.8. The van der Waals surface area contributed by atoms with E-state index in [1.54, 1.807) is 6.20 Å². The van der Waals surface area contributed by atoms with Gasteiger partial charge >= 0.3 is 18.4 Å². The maximum absolute atomic E-state index is 14.4. The highest BCUT2D eigenvalue weighted by molar-refractivity contribution is 7.90. The minimum Gasteiger partial charge on any atom is -0.494 e. The predicted octanol–water partition coefficient (Wildman–Crippen LogP) is 3.81. The molecule has 2 unspecified atom stereocenters. The monoisotopic (exact) mass is 612 g/mol. The molecule has 0 radical (unpaired) electrons. The number of pyridine rings is 1. The Morgan fingerprint density at radius 1 is 1.12 bits per heavy atom. The number of amides is 2. The molecule has 0 bridgehead atoms. The molecule has 0 aliphatic heterocycles. The number of nitrogens with zero attached hydrogens (tertiary/aromatic N) is 5. The van der Waals surface area contributed by atoms with Crippen LogP contribution in [0.5, 0.6) is 11.6 Å². The van der Waals surface area contributed by atoms with Crippen molar-refractivity contribution in [3.05, 3.63) is 36.5 Å². The number of imidazole rings is 1. The van der Waals surface area contributed by atoms with Crippen molar-refractivity contribution in [2.24, 2.45) is 0 Å². The third-order valence-corrected chi connectivity index (χ3v) is 6.87. The number of carbonyl (C=O) groups is 1. The number of aromatic nitrogens is 4. The Labute approximate surface area is 230 Å². The zero-order chi connectivity index (χ0) is 30.8. The first kappa shape index (κ1) is 31.7. The van der Waals surface area contributed by atoms with Crippen LogP contribution in [0.4, 0.5) is 31.1 Å². The molecule has 0 saturated carbocycles. The Hall–Kier alpha value is -3.83. The number of hydrogen-bond donors (Lipinski definition) is 1. The van der Waals surface area contributed by atoms with Gasteiger partial charge in [0.1, 0.15) is 21.6 Å². The Morgan fingerprint density at radius 3 is 2.34 bits per heavy atom. The molecule has 3 aromatic rings. The molecular weight excluding hydrogens is 586 g/mol. The summed E-state index contributed by atoms with van der Waals surface area (Å²) >= 11 is 0. The molecule has 226 valence electrons. The molecule has 3 heterocycles. The number of fused-ring (bicyclic) bond motifs is 1. The van der Waals surface area contributed by atoms with Crippen LogP contribution in [-0.2, 0) is 9.84 Å². The molecule has 18 heteroatoms. The average molecular weight is 613 g/mol. The van der Waals surface area contributed by atoms with Crippen LogP contribution in [0.3, 0.4) is 0 Å². The van der Waals surface area contributed by atoms with Gasteiger partial charge in [-0.3, -0.25) is 4.98 Å². The van der Waals surface area contributed by atoms with E-state index < -0.39 is 64.7 Å². The third-order valence-electron chi connectivity index (χ3n) is 5.89. The van der Waals surface area contributed by atoms with E-state index >= 15 is 0 Å². The molecule has 41 heavy (non-hydrogen) atoms. The van der Waals surface area contributed by atoms with Gasteiger partial charge in [0.2, 0.25) is 0 Å². The van der Waals surface area contributed by atoms with E-state index in [1.807, 2.05) is 0 Å². The summed E-state index contributed by atoms with van der Waals surface area (Å²) in [5, 5.41) is 1.51. The van der Waals surface area contributed by atoms with Gasteiger partial charge in [-0.2, -0.15) is 26.3 Å². The van der Waals surface area contributed by atoms with Gasteiger partial charge in [-0.1, -0.05) is 0 Å². The van der Waals surface area contributed by atoms with E-state index in [-0.39, 0.29) is 27.8 Å². The van der Waals surface area contributed by atoms with E-state index in [1.165, 1.54) is 36.3 Å². The second kappa shape index (κ2) is 12.0. The lowest BCUT2D eigenvalue weighted by Gasteiger charge is -2.34. The lowest BCUT2D eigenvalue weighted by Crippen LogP contribution is -2.54. The van der Waals surface area contributed by atoms with Crippen molar-refractivity contribution in [3.63, 3.8) is 0 Å². The van der Waals surface area contributed by atoms with Crippen molar-refractivity contribution < 1.29 is 49.0 Å². The third kappa shape index (κ3) is 7.47. The molecule has 0 aromatic carbocycles. The number of hydrogen-bond acceptors (Lipinski definition) is 8. The summed E-state index contributed by atoms with van der Waals surface area (Å²) in [6.45, 7) is 0.462. The van der Waals surface area contributed by atoms with Crippen LogP contribution in [0, 0.1) is 0 Å². The molecule has 0 saturated heterocycles. The molecule has 2 amide bonds. The van der Waals surface area contributed by atoms with Crippen LogP contribution < -0.4 is 14.8 Å². The number of nitrogens with one attached hydrogen (secondary N) is 1. The Kier molecular flexibility index (Phi) is 9.24. The van der Waals surface area contributed by atoms with Gasteiger partial charge in [0.25, 0.3) is 5.88 Å². The average Bonchev–Trinajstić information content (AvgIpc) is 3.35. The van der Waals surface area contributed by atoms with Crippen molar-refractivity contribution in [3.8, 4) is 22.9 Å². The normalized spacial score (nSPS) is 14.0. The van der Waals surface area contributed by atoms with Crippen molar-refractivity contribution in [2.75, 3.05) is 32.8 Å². The number of alkyl halides is 6. The largest absolute Gasteiger partial charge is 0.494 e. The van der Waals surface area contributed by atoms with E-state index in [2.05, 4.69) is 15.0 Å². The standard InChI is InChI=1S/C23H26F6N6O5S/c1-5-35(21(36)33-17(22(24,25)26)6-9-41(4,37)38)18(23(27,28)29)14-10-13(16(39-2)11-31-14)15-12-34-8-7-30-19(34)20(32-15)40-3/h7-8,10-12,17-18H,5-6,9H2,1-4H3,(H,33,36). The number of carbonyl (C=O) groups excluding carboxylic acids is 1. The van der Waals surface area contributed by atoms with Crippen molar-refractivity contribution in [2.45, 2.75) is 37.8 Å². The molecule has 0 spiro atoms. The second-order valence-corrected chi connectivity index (χ2v) is 11.1. The Bertz CT molecular complexity index is 1490. The summed E-state index contributed by atoms with van der Waals surface area (Å²) in [4.78, 5) is 25.2. The fourth-order valence-corrected chi connectivity index (χ4v) is 4.63. The molecule has 11 nitrogen and oxygen atoms in total. The fraction of sp³-hybridized carbons (Fsp3) is 0.478. The van der Waals surface area contributed by atoms with Crippen molar-refractivity contribution in [1.29, 1.82) is 0 Å².